The van der Waals surface area contributed by atoms with Gasteiger partial charge in [-0.3, -0.25) is 0 Å². The zero-order valence-corrected chi connectivity index (χ0v) is 9.97. The molecule has 0 unspecified atom stereocenters. The first-order valence-electron chi connectivity index (χ1n) is 6.08. The summed E-state index contributed by atoms with van der Waals surface area (Å²) in [6, 6.07) is 0.702. The first-order chi connectivity index (χ1) is 6.63. The van der Waals surface area contributed by atoms with Crippen LogP contribution in [0.25, 0.3) is 0 Å². The molecule has 82 valence electrons. The van der Waals surface area contributed by atoms with Crippen molar-refractivity contribution >= 4 is 0 Å². The zero-order valence-electron chi connectivity index (χ0n) is 9.97. The third kappa shape index (κ3) is 3.36. The molecule has 0 saturated heterocycles. The maximum absolute atomic E-state index is 4.08. The lowest BCUT2D eigenvalue weighted by molar-refractivity contribution is 0.293. The predicted octanol–water partition coefficient (Wildman–Crippen LogP) is 3.71. The zero-order chi connectivity index (χ0) is 10.6. The molecule has 0 radical (unpaired) electrons. The fraction of sp³-hybridized carbons (Fsp3) is 0.846. The smallest absolute Gasteiger partial charge is 0.0258 e. The van der Waals surface area contributed by atoms with Crippen molar-refractivity contribution in [2.75, 3.05) is 0 Å². The molecular weight excluding hydrogens is 170 g/mol. The van der Waals surface area contributed by atoms with E-state index in [9.17, 15) is 0 Å². The van der Waals surface area contributed by atoms with Gasteiger partial charge in [0.15, 0.2) is 0 Å². The van der Waals surface area contributed by atoms with Crippen molar-refractivity contribution in [3.63, 3.8) is 0 Å². The quantitative estimate of drug-likeness (QED) is 0.721. The van der Waals surface area contributed by atoms with E-state index < -0.39 is 0 Å². The molecule has 1 aliphatic rings. The average Bonchev–Trinajstić information content (AvgIpc) is 2.19. The second-order valence-corrected chi connectivity index (χ2v) is 4.95. The van der Waals surface area contributed by atoms with Crippen molar-refractivity contribution in [2.45, 2.75) is 58.9 Å². The van der Waals surface area contributed by atoms with Crippen LogP contribution in [0.15, 0.2) is 12.3 Å². The van der Waals surface area contributed by atoms with E-state index in [-0.39, 0.29) is 0 Å². The summed E-state index contributed by atoms with van der Waals surface area (Å²) in [6.07, 6.45) is 6.84. The molecule has 0 aromatic rings. The van der Waals surface area contributed by atoms with E-state index in [2.05, 4.69) is 32.7 Å². The average molecular weight is 195 g/mol. The van der Waals surface area contributed by atoms with Crippen molar-refractivity contribution in [1.29, 1.82) is 0 Å². The Morgan fingerprint density at radius 1 is 1.29 bits per heavy atom. The van der Waals surface area contributed by atoms with Crippen LogP contribution in [0.5, 0.6) is 0 Å². The Kier molecular flexibility index (Phi) is 4.50. The van der Waals surface area contributed by atoms with Crippen molar-refractivity contribution in [2.24, 2.45) is 11.8 Å². The second-order valence-electron chi connectivity index (χ2n) is 4.95. The van der Waals surface area contributed by atoms with Gasteiger partial charge in [0, 0.05) is 11.7 Å². The Balaban J connectivity index is 2.25. The predicted molar refractivity (Wildman–Crippen MR) is 63.2 cm³/mol. The molecule has 1 saturated carbocycles. The molecule has 0 aromatic carbocycles. The molecule has 0 atom stereocenters. The summed E-state index contributed by atoms with van der Waals surface area (Å²) >= 11 is 0. The van der Waals surface area contributed by atoms with E-state index >= 15 is 0 Å². The third-order valence-electron chi connectivity index (χ3n) is 3.51. The van der Waals surface area contributed by atoms with E-state index in [4.69, 9.17) is 0 Å². The monoisotopic (exact) mass is 195 g/mol. The lowest BCUT2D eigenvalue weighted by Gasteiger charge is -2.30. The minimum atomic E-state index is 0.568. The molecule has 1 heteroatoms. The summed E-state index contributed by atoms with van der Waals surface area (Å²) in [5, 5.41) is 3.57. The Hall–Kier alpha value is -0.460. The molecular formula is C13H25N. The maximum atomic E-state index is 4.08. The minimum Gasteiger partial charge on any atom is -0.386 e. The number of allylic oxidation sites excluding steroid dienone is 1. The van der Waals surface area contributed by atoms with Crippen LogP contribution in [0.4, 0.5) is 0 Å². The fourth-order valence-corrected chi connectivity index (χ4v) is 2.14. The van der Waals surface area contributed by atoms with Crippen molar-refractivity contribution in [3.05, 3.63) is 12.3 Å². The fourth-order valence-electron chi connectivity index (χ4n) is 2.14. The molecule has 0 aromatic heterocycles. The molecule has 1 N–H and O–H groups in total. The van der Waals surface area contributed by atoms with E-state index in [1.54, 1.807) is 0 Å². The Labute approximate surface area is 89.0 Å². The Morgan fingerprint density at radius 3 is 2.29 bits per heavy atom. The summed E-state index contributed by atoms with van der Waals surface area (Å²) in [7, 11) is 0. The molecule has 14 heavy (non-hydrogen) atoms. The van der Waals surface area contributed by atoms with E-state index in [0.29, 0.717) is 12.0 Å². The van der Waals surface area contributed by atoms with Crippen LogP contribution < -0.4 is 5.32 Å². The van der Waals surface area contributed by atoms with E-state index in [1.165, 1.54) is 37.8 Å². The molecule has 0 aliphatic heterocycles. The van der Waals surface area contributed by atoms with Crippen LogP contribution >= 0.6 is 0 Å². The number of hydrogen-bond acceptors (Lipinski definition) is 1. The highest BCUT2D eigenvalue weighted by Crippen LogP contribution is 2.27. The van der Waals surface area contributed by atoms with Gasteiger partial charge in [-0.25, -0.2) is 0 Å². The number of hydrogen-bond donors (Lipinski definition) is 1. The maximum Gasteiger partial charge on any atom is 0.0258 e. The van der Waals surface area contributed by atoms with Crippen molar-refractivity contribution in [3.8, 4) is 0 Å². The summed E-state index contributed by atoms with van der Waals surface area (Å²) in [5.41, 5.74) is 1.21. The lowest BCUT2D eigenvalue weighted by Crippen LogP contribution is -2.33. The molecule has 1 aliphatic carbocycles. The topological polar surface area (TPSA) is 12.0 Å². The summed E-state index contributed by atoms with van der Waals surface area (Å²) < 4.78 is 0. The van der Waals surface area contributed by atoms with Gasteiger partial charge in [-0.1, -0.05) is 33.8 Å². The molecule has 0 heterocycles. The first-order valence-corrected chi connectivity index (χ1v) is 6.08. The molecule has 1 fully saturated rings. The van der Waals surface area contributed by atoms with Crippen molar-refractivity contribution < 1.29 is 0 Å². The first kappa shape index (κ1) is 11.6. The van der Waals surface area contributed by atoms with Crippen LogP contribution in [-0.4, -0.2) is 6.04 Å². The van der Waals surface area contributed by atoms with Gasteiger partial charge in [-0.05, 0) is 37.5 Å². The van der Waals surface area contributed by atoms with Gasteiger partial charge in [0.05, 0.1) is 0 Å². The van der Waals surface area contributed by atoms with Gasteiger partial charge >= 0.3 is 0 Å². The highest BCUT2D eigenvalue weighted by Gasteiger charge is 2.20. The molecule has 0 spiro atoms. The van der Waals surface area contributed by atoms with E-state index in [0.717, 1.165) is 5.92 Å². The second kappa shape index (κ2) is 5.43. The summed E-state index contributed by atoms with van der Waals surface area (Å²) in [6.45, 7) is 10.8. The molecule has 1 nitrogen and oxygen atoms in total. The Bertz CT molecular complexity index is 176. The number of nitrogens with one attached hydrogen (secondary N) is 1. The van der Waals surface area contributed by atoms with Gasteiger partial charge in [0.25, 0.3) is 0 Å². The molecule has 1 rings (SSSR count). The van der Waals surface area contributed by atoms with Crippen LogP contribution in [-0.2, 0) is 0 Å². The molecule has 0 amide bonds. The summed E-state index contributed by atoms with van der Waals surface area (Å²) in [5.74, 6) is 1.55. The Morgan fingerprint density at radius 2 is 1.86 bits per heavy atom. The number of rotatable bonds is 4. The lowest BCUT2D eigenvalue weighted by atomic mass is 9.84. The van der Waals surface area contributed by atoms with E-state index in [1.807, 2.05) is 0 Å². The van der Waals surface area contributed by atoms with Crippen LogP contribution in [0, 0.1) is 11.8 Å². The SMILES string of the molecule is C=C(NC1CCC(CC)CC1)C(C)C. The van der Waals surface area contributed by atoms with Crippen LogP contribution in [0.3, 0.4) is 0 Å². The summed E-state index contributed by atoms with van der Waals surface area (Å²) in [4.78, 5) is 0. The third-order valence-corrected chi connectivity index (χ3v) is 3.51. The minimum absolute atomic E-state index is 0.568. The highest BCUT2D eigenvalue weighted by molar-refractivity contribution is 4.97. The van der Waals surface area contributed by atoms with Crippen LogP contribution in [0.1, 0.15) is 52.9 Å². The largest absolute Gasteiger partial charge is 0.386 e. The highest BCUT2D eigenvalue weighted by atomic mass is 14.9. The van der Waals surface area contributed by atoms with Gasteiger partial charge in [-0.2, -0.15) is 0 Å². The standard InChI is InChI=1S/C13H25N/c1-5-12-6-8-13(9-7-12)14-11(4)10(2)3/h10,12-14H,4-9H2,1-3H3. The van der Waals surface area contributed by atoms with Crippen molar-refractivity contribution in [1.82, 2.24) is 5.32 Å². The van der Waals surface area contributed by atoms with Gasteiger partial charge in [0.1, 0.15) is 0 Å². The van der Waals surface area contributed by atoms with Gasteiger partial charge in [-0.15, -0.1) is 0 Å². The van der Waals surface area contributed by atoms with Crippen LogP contribution in [0.2, 0.25) is 0 Å². The van der Waals surface area contributed by atoms with Gasteiger partial charge in [0.2, 0.25) is 0 Å². The van der Waals surface area contributed by atoms with Gasteiger partial charge < -0.3 is 5.32 Å². The molecule has 0 bridgehead atoms. The normalized spacial score (nSPS) is 27.7.